The number of carbonyl (C=O) groups excluding carboxylic acids is 1. The highest BCUT2D eigenvalue weighted by molar-refractivity contribution is 5.92. The number of nitrogens with zero attached hydrogens (tertiary/aromatic N) is 4. The summed E-state index contributed by atoms with van der Waals surface area (Å²) in [6.45, 7) is 4.08. The SMILES string of the molecule is Cc1cccc(Oc2ccc(NC(=O)CN3CCC(n4cncn4)C3)cc2)c1. The quantitative estimate of drug-likeness (QED) is 0.714. The van der Waals surface area contributed by atoms with Gasteiger partial charge in [-0.2, -0.15) is 5.10 Å². The van der Waals surface area contributed by atoms with Crippen molar-refractivity contribution >= 4 is 11.6 Å². The highest BCUT2D eigenvalue weighted by Crippen LogP contribution is 2.24. The highest BCUT2D eigenvalue weighted by atomic mass is 16.5. The fraction of sp³-hybridized carbons (Fsp3) is 0.286. The molecule has 0 spiro atoms. The van der Waals surface area contributed by atoms with Gasteiger partial charge >= 0.3 is 0 Å². The van der Waals surface area contributed by atoms with Crippen LogP contribution in [0.25, 0.3) is 0 Å². The molecule has 7 heteroatoms. The summed E-state index contributed by atoms with van der Waals surface area (Å²) in [7, 11) is 0. The van der Waals surface area contributed by atoms with E-state index < -0.39 is 0 Å². The summed E-state index contributed by atoms with van der Waals surface area (Å²) in [4.78, 5) is 18.5. The molecule has 1 saturated heterocycles. The smallest absolute Gasteiger partial charge is 0.238 e. The van der Waals surface area contributed by atoms with Gasteiger partial charge in [0.05, 0.1) is 12.6 Å². The third-order valence-electron chi connectivity index (χ3n) is 4.79. The van der Waals surface area contributed by atoms with Crippen molar-refractivity contribution in [2.45, 2.75) is 19.4 Å². The minimum atomic E-state index is -0.0217. The molecule has 4 rings (SSSR count). The number of nitrogens with one attached hydrogen (secondary N) is 1. The van der Waals surface area contributed by atoms with Gasteiger partial charge in [-0.1, -0.05) is 12.1 Å². The van der Waals surface area contributed by atoms with Crippen LogP contribution in [0.5, 0.6) is 11.5 Å². The molecule has 0 bridgehead atoms. The Morgan fingerprint density at radius 1 is 1.21 bits per heavy atom. The standard InChI is InChI=1S/C21H23N5O2/c1-16-3-2-4-20(11-16)28-19-7-5-17(6-8-19)24-21(27)13-25-10-9-18(12-25)26-15-22-14-23-26/h2-8,11,14-15,18H,9-10,12-13H2,1H3,(H,24,27). The topological polar surface area (TPSA) is 72.3 Å². The Morgan fingerprint density at radius 3 is 2.82 bits per heavy atom. The Bertz CT molecular complexity index is 924. The Labute approximate surface area is 164 Å². The molecule has 144 valence electrons. The van der Waals surface area contributed by atoms with Crippen molar-refractivity contribution in [3.05, 3.63) is 66.7 Å². The van der Waals surface area contributed by atoms with Gasteiger partial charge in [0.15, 0.2) is 0 Å². The fourth-order valence-corrected chi connectivity index (χ4v) is 3.40. The number of anilines is 1. The zero-order valence-corrected chi connectivity index (χ0v) is 15.8. The molecule has 3 aromatic rings. The maximum Gasteiger partial charge on any atom is 0.238 e. The van der Waals surface area contributed by atoms with Crippen LogP contribution in [0.15, 0.2) is 61.2 Å². The van der Waals surface area contributed by atoms with Crippen molar-refractivity contribution in [3.8, 4) is 11.5 Å². The summed E-state index contributed by atoms with van der Waals surface area (Å²) in [6, 6.07) is 15.6. The lowest BCUT2D eigenvalue weighted by Gasteiger charge is -2.16. The van der Waals surface area contributed by atoms with Crippen molar-refractivity contribution in [2.24, 2.45) is 0 Å². The molecule has 0 radical (unpaired) electrons. The van der Waals surface area contributed by atoms with Crippen LogP contribution in [0.1, 0.15) is 18.0 Å². The molecule has 1 aromatic heterocycles. The predicted octanol–water partition coefficient (Wildman–Crippen LogP) is 3.26. The van der Waals surface area contributed by atoms with E-state index in [2.05, 4.69) is 20.3 Å². The number of aryl methyl sites for hydroxylation is 1. The first-order chi connectivity index (χ1) is 13.7. The molecule has 1 aliphatic rings. The lowest BCUT2D eigenvalue weighted by atomic mass is 10.2. The zero-order valence-electron chi connectivity index (χ0n) is 15.8. The van der Waals surface area contributed by atoms with Crippen LogP contribution >= 0.6 is 0 Å². The molecule has 0 aliphatic carbocycles. The number of benzene rings is 2. The normalized spacial score (nSPS) is 16.8. The van der Waals surface area contributed by atoms with Gasteiger partial charge in [0.2, 0.25) is 5.91 Å². The van der Waals surface area contributed by atoms with E-state index in [1.54, 1.807) is 12.7 Å². The molecule has 1 atom stereocenters. The average molecular weight is 377 g/mol. The average Bonchev–Trinajstić information content (AvgIpc) is 3.35. The Balaban J connectivity index is 1.28. The summed E-state index contributed by atoms with van der Waals surface area (Å²) in [5.41, 5.74) is 1.91. The van der Waals surface area contributed by atoms with Crippen LogP contribution in [0.3, 0.4) is 0 Å². The summed E-state index contributed by atoms with van der Waals surface area (Å²) in [6.07, 6.45) is 4.25. The minimum absolute atomic E-state index is 0.0217. The fourth-order valence-electron chi connectivity index (χ4n) is 3.40. The summed E-state index contributed by atoms with van der Waals surface area (Å²) < 4.78 is 7.71. The highest BCUT2D eigenvalue weighted by Gasteiger charge is 2.25. The first-order valence-corrected chi connectivity index (χ1v) is 9.36. The van der Waals surface area contributed by atoms with Crippen molar-refractivity contribution in [3.63, 3.8) is 0 Å². The molecule has 2 heterocycles. The monoisotopic (exact) mass is 377 g/mol. The maximum absolute atomic E-state index is 12.4. The number of carbonyl (C=O) groups is 1. The van der Waals surface area contributed by atoms with Crippen LogP contribution in [0.2, 0.25) is 0 Å². The molecule has 2 aromatic carbocycles. The number of ether oxygens (including phenoxy) is 1. The molecule has 1 amide bonds. The van der Waals surface area contributed by atoms with Crippen molar-refractivity contribution < 1.29 is 9.53 Å². The number of aromatic nitrogens is 3. The number of rotatable bonds is 6. The van der Waals surface area contributed by atoms with Crippen molar-refractivity contribution in [2.75, 3.05) is 25.0 Å². The van der Waals surface area contributed by atoms with Crippen molar-refractivity contribution in [1.82, 2.24) is 19.7 Å². The van der Waals surface area contributed by atoms with Crippen LogP contribution in [0, 0.1) is 6.92 Å². The molecule has 7 nitrogen and oxygen atoms in total. The van der Waals surface area contributed by atoms with Gasteiger partial charge in [0.1, 0.15) is 24.2 Å². The van der Waals surface area contributed by atoms with Gasteiger partial charge in [-0.05, 0) is 55.3 Å². The lowest BCUT2D eigenvalue weighted by molar-refractivity contribution is -0.117. The first kappa shape index (κ1) is 18.2. The van der Waals surface area contributed by atoms with E-state index in [1.165, 1.54) is 0 Å². The Hall–Kier alpha value is -3.19. The third kappa shape index (κ3) is 4.55. The molecule has 1 aliphatic heterocycles. The lowest BCUT2D eigenvalue weighted by Crippen LogP contribution is -2.31. The predicted molar refractivity (Wildman–Crippen MR) is 106 cm³/mol. The van der Waals surface area contributed by atoms with E-state index >= 15 is 0 Å². The maximum atomic E-state index is 12.4. The second-order valence-corrected chi connectivity index (χ2v) is 7.04. The van der Waals surface area contributed by atoms with Crippen molar-refractivity contribution in [1.29, 1.82) is 0 Å². The van der Waals surface area contributed by atoms with Gasteiger partial charge in [-0.25, -0.2) is 9.67 Å². The van der Waals surface area contributed by atoms with Crippen LogP contribution in [-0.4, -0.2) is 45.2 Å². The number of hydrogen-bond acceptors (Lipinski definition) is 5. The van der Waals surface area contributed by atoms with E-state index in [0.29, 0.717) is 6.54 Å². The second kappa shape index (κ2) is 8.22. The van der Waals surface area contributed by atoms with E-state index in [-0.39, 0.29) is 11.9 Å². The molecule has 1 N–H and O–H groups in total. The van der Waals surface area contributed by atoms with Gasteiger partial charge in [0.25, 0.3) is 0 Å². The summed E-state index contributed by atoms with van der Waals surface area (Å²) in [5, 5.41) is 7.14. The molecular weight excluding hydrogens is 354 g/mol. The van der Waals surface area contributed by atoms with Gasteiger partial charge in [-0.3, -0.25) is 9.69 Å². The largest absolute Gasteiger partial charge is 0.457 e. The summed E-state index contributed by atoms with van der Waals surface area (Å²) >= 11 is 0. The van der Waals surface area contributed by atoms with E-state index in [0.717, 1.165) is 42.3 Å². The molecule has 1 fully saturated rings. The number of likely N-dealkylation sites (tertiary alicyclic amines) is 1. The zero-order chi connectivity index (χ0) is 19.3. The van der Waals surface area contributed by atoms with E-state index in [4.69, 9.17) is 4.74 Å². The first-order valence-electron chi connectivity index (χ1n) is 9.36. The van der Waals surface area contributed by atoms with Gasteiger partial charge in [-0.15, -0.1) is 0 Å². The Kier molecular flexibility index (Phi) is 5.34. The van der Waals surface area contributed by atoms with Gasteiger partial charge < -0.3 is 10.1 Å². The third-order valence-corrected chi connectivity index (χ3v) is 4.79. The van der Waals surface area contributed by atoms with Crippen LogP contribution in [0.4, 0.5) is 5.69 Å². The Morgan fingerprint density at radius 2 is 2.07 bits per heavy atom. The molecule has 1 unspecified atom stereocenters. The van der Waals surface area contributed by atoms with Gasteiger partial charge in [0, 0.05) is 18.8 Å². The molecule has 0 saturated carbocycles. The minimum Gasteiger partial charge on any atom is -0.457 e. The second-order valence-electron chi connectivity index (χ2n) is 7.04. The number of hydrogen-bond donors (Lipinski definition) is 1. The molecular formula is C21H23N5O2. The van der Waals surface area contributed by atoms with E-state index in [1.807, 2.05) is 60.1 Å². The van der Waals surface area contributed by atoms with Crippen LogP contribution < -0.4 is 10.1 Å². The van der Waals surface area contributed by atoms with Crippen LogP contribution in [-0.2, 0) is 4.79 Å². The van der Waals surface area contributed by atoms with E-state index in [9.17, 15) is 4.79 Å². The molecule has 28 heavy (non-hydrogen) atoms. The summed E-state index contributed by atoms with van der Waals surface area (Å²) in [5.74, 6) is 1.51. The number of amides is 1.